The summed E-state index contributed by atoms with van der Waals surface area (Å²) >= 11 is 0. The lowest BCUT2D eigenvalue weighted by Crippen LogP contribution is -2.30. The van der Waals surface area contributed by atoms with Gasteiger partial charge in [0.2, 0.25) is 10.0 Å². The van der Waals surface area contributed by atoms with Gasteiger partial charge in [-0.25, -0.2) is 8.42 Å². The highest BCUT2D eigenvalue weighted by atomic mass is 32.2. The number of benzene rings is 1. The molecule has 1 fully saturated rings. The Kier molecular flexibility index (Phi) is 5.75. The molecule has 1 aliphatic rings. The fourth-order valence-corrected chi connectivity index (χ4v) is 3.21. The fourth-order valence-electron chi connectivity index (χ4n) is 2.06. The summed E-state index contributed by atoms with van der Waals surface area (Å²) in [5, 5.41) is 3.45. The molecule has 0 bridgehead atoms. The molecule has 0 amide bonds. The highest BCUT2D eigenvalue weighted by molar-refractivity contribution is 7.89. The lowest BCUT2D eigenvalue weighted by molar-refractivity contribution is 0.185. The Morgan fingerprint density at radius 2 is 1.95 bits per heavy atom. The van der Waals surface area contributed by atoms with E-state index in [1.54, 1.807) is 26.3 Å². The minimum atomic E-state index is -3.41. The van der Waals surface area contributed by atoms with Gasteiger partial charge in [-0.05, 0) is 43.5 Å². The minimum absolute atomic E-state index is 0.333. The van der Waals surface area contributed by atoms with Gasteiger partial charge in [-0.15, -0.1) is 0 Å². The van der Waals surface area contributed by atoms with Crippen LogP contribution in [0.25, 0.3) is 0 Å². The van der Waals surface area contributed by atoms with Crippen molar-refractivity contribution in [2.75, 3.05) is 33.9 Å². The summed E-state index contributed by atoms with van der Waals surface area (Å²) in [6, 6.07) is 7.87. The topological polar surface area (TPSA) is 58.6 Å². The maximum Gasteiger partial charge on any atom is 0.242 e. The third-order valence-electron chi connectivity index (χ3n) is 3.67. The van der Waals surface area contributed by atoms with Gasteiger partial charge in [0.15, 0.2) is 0 Å². The van der Waals surface area contributed by atoms with Crippen molar-refractivity contribution in [3.05, 3.63) is 29.8 Å². The second-order valence-corrected chi connectivity index (χ2v) is 7.49. The Morgan fingerprint density at radius 1 is 1.29 bits per heavy atom. The van der Waals surface area contributed by atoms with Crippen molar-refractivity contribution in [2.45, 2.75) is 30.2 Å². The smallest absolute Gasteiger partial charge is 0.242 e. The van der Waals surface area contributed by atoms with Gasteiger partial charge in [0.25, 0.3) is 0 Å². The van der Waals surface area contributed by atoms with Gasteiger partial charge in [-0.2, -0.15) is 4.31 Å². The van der Waals surface area contributed by atoms with Gasteiger partial charge in [0.05, 0.1) is 11.5 Å². The van der Waals surface area contributed by atoms with E-state index in [0.717, 1.165) is 18.5 Å². The molecule has 118 valence electrons. The van der Waals surface area contributed by atoms with Crippen LogP contribution in [0.1, 0.15) is 18.4 Å². The van der Waals surface area contributed by atoms with E-state index in [0.29, 0.717) is 24.1 Å². The van der Waals surface area contributed by atoms with E-state index in [2.05, 4.69) is 5.32 Å². The second-order valence-electron chi connectivity index (χ2n) is 5.44. The molecule has 0 heterocycles. The van der Waals surface area contributed by atoms with Crippen LogP contribution >= 0.6 is 0 Å². The predicted molar refractivity (Wildman–Crippen MR) is 82.9 cm³/mol. The molecule has 1 aromatic rings. The summed E-state index contributed by atoms with van der Waals surface area (Å²) in [6.07, 6.45) is 3.49. The third kappa shape index (κ3) is 4.78. The van der Waals surface area contributed by atoms with Gasteiger partial charge in [0, 0.05) is 26.7 Å². The van der Waals surface area contributed by atoms with E-state index in [-0.39, 0.29) is 0 Å². The van der Waals surface area contributed by atoms with Crippen molar-refractivity contribution < 1.29 is 13.2 Å². The maximum absolute atomic E-state index is 12.3. The standard InChI is InChI=1S/C15H24N2O3S/c1-17(11-12-20-2)21(18,19)15-7-3-13(4-8-15)9-10-16-14-5-6-14/h3-4,7-8,14,16H,5-6,9-12H2,1-2H3. The normalized spacial score (nSPS) is 15.6. The quantitative estimate of drug-likeness (QED) is 0.745. The van der Waals surface area contributed by atoms with E-state index < -0.39 is 10.0 Å². The van der Waals surface area contributed by atoms with Crippen molar-refractivity contribution in [3.8, 4) is 0 Å². The Bertz CT molecular complexity index is 539. The second kappa shape index (κ2) is 7.35. The summed E-state index contributed by atoms with van der Waals surface area (Å²) in [5.74, 6) is 0. The predicted octanol–water partition coefficient (Wildman–Crippen LogP) is 1.25. The van der Waals surface area contributed by atoms with Crippen molar-refractivity contribution in [2.24, 2.45) is 0 Å². The number of hydrogen-bond acceptors (Lipinski definition) is 4. The number of hydrogen-bond donors (Lipinski definition) is 1. The van der Waals surface area contributed by atoms with E-state index >= 15 is 0 Å². The maximum atomic E-state index is 12.3. The SMILES string of the molecule is COCCN(C)S(=O)(=O)c1ccc(CCNC2CC2)cc1. The molecule has 0 saturated heterocycles. The first kappa shape index (κ1) is 16.4. The Labute approximate surface area is 127 Å². The van der Waals surface area contributed by atoms with E-state index in [1.807, 2.05) is 12.1 Å². The summed E-state index contributed by atoms with van der Waals surface area (Å²) in [6.45, 7) is 1.69. The zero-order valence-electron chi connectivity index (χ0n) is 12.7. The van der Waals surface area contributed by atoms with Crippen LogP contribution in [0.4, 0.5) is 0 Å². The molecule has 2 rings (SSSR count). The van der Waals surface area contributed by atoms with Crippen molar-refractivity contribution in [3.63, 3.8) is 0 Å². The van der Waals surface area contributed by atoms with Crippen LogP contribution in [0.3, 0.4) is 0 Å². The number of sulfonamides is 1. The third-order valence-corrected chi connectivity index (χ3v) is 5.54. The monoisotopic (exact) mass is 312 g/mol. The van der Waals surface area contributed by atoms with Gasteiger partial charge in [-0.1, -0.05) is 12.1 Å². The van der Waals surface area contributed by atoms with Crippen LogP contribution in [-0.2, 0) is 21.2 Å². The molecule has 0 atom stereocenters. The number of methoxy groups -OCH3 is 1. The van der Waals surface area contributed by atoms with Crippen LogP contribution in [0, 0.1) is 0 Å². The Hall–Kier alpha value is -0.950. The Balaban J connectivity index is 1.92. The summed E-state index contributed by atoms with van der Waals surface area (Å²) < 4.78 is 30.9. The van der Waals surface area contributed by atoms with Crippen LogP contribution in [0.2, 0.25) is 0 Å². The van der Waals surface area contributed by atoms with E-state index in [9.17, 15) is 8.42 Å². The Morgan fingerprint density at radius 3 is 2.52 bits per heavy atom. The van der Waals surface area contributed by atoms with Gasteiger partial charge in [-0.3, -0.25) is 0 Å². The first-order valence-corrected chi connectivity index (χ1v) is 8.75. The molecular formula is C15H24N2O3S. The molecule has 1 aliphatic carbocycles. The molecule has 1 saturated carbocycles. The lowest BCUT2D eigenvalue weighted by atomic mass is 10.1. The van der Waals surface area contributed by atoms with Crippen LogP contribution < -0.4 is 5.32 Å². The lowest BCUT2D eigenvalue weighted by Gasteiger charge is -2.16. The van der Waals surface area contributed by atoms with Crippen LogP contribution in [0.15, 0.2) is 29.2 Å². The van der Waals surface area contributed by atoms with Gasteiger partial charge in [0.1, 0.15) is 0 Å². The molecule has 0 aliphatic heterocycles. The molecular weight excluding hydrogens is 288 g/mol. The van der Waals surface area contributed by atoms with E-state index in [4.69, 9.17) is 4.74 Å². The average molecular weight is 312 g/mol. The zero-order valence-corrected chi connectivity index (χ0v) is 13.5. The number of nitrogens with one attached hydrogen (secondary N) is 1. The average Bonchev–Trinajstić information content (AvgIpc) is 3.29. The molecule has 1 N–H and O–H groups in total. The molecule has 1 aromatic carbocycles. The first-order valence-electron chi connectivity index (χ1n) is 7.31. The largest absolute Gasteiger partial charge is 0.383 e. The van der Waals surface area contributed by atoms with Gasteiger partial charge >= 0.3 is 0 Å². The molecule has 0 unspecified atom stereocenters. The van der Waals surface area contributed by atoms with Crippen molar-refractivity contribution in [1.82, 2.24) is 9.62 Å². The first-order chi connectivity index (χ1) is 10.0. The van der Waals surface area contributed by atoms with Crippen LogP contribution in [0.5, 0.6) is 0 Å². The highest BCUT2D eigenvalue weighted by Crippen LogP contribution is 2.19. The highest BCUT2D eigenvalue weighted by Gasteiger charge is 2.21. The minimum Gasteiger partial charge on any atom is -0.383 e. The summed E-state index contributed by atoms with van der Waals surface area (Å²) in [4.78, 5) is 0.333. The number of ether oxygens (including phenoxy) is 1. The summed E-state index contributed by atoms with van der Waals surface area (Å²) in [5.41, 5.74) is 1.15. The van der Waals surface area contributed by atoms with Crippen molar-refractivity contribution >= 4 is 10.0 Å². The zero-order chi connectivity index (χ0) is 15.3. The number of rotatable bonds is 9. The van der Waals surface area contributed by atoms with E-state index in [1.165, 1.54) is 17.1 Å². The molecule has 0 radical (unpaired) electrons. The van der Waals surface area contributed by atoms with Crippen LogP contribution in [-0.4, -0.2) is 52.6 Å². The molecule has 5 nitrogen and oxygen atoms in total. The molecule has 0 aromatic heterocycles. The number of likely N-dealkylation sites (N-methyl/N-ethyl adjacent to an activating group) is 1. The summed E-state index contributed by atoms with van der Waals surface area (Å²) in [7, 11) is -0.283. The fraction of sp³-hybridized carbons (Fsp3) is 0.600. The molecule has 0 spiro atoms. The molecule has 6 heteroatoms. The molecule has 21 heavy (non-hydrogen) atoms. The van der Waals surface area contributed by atoms with Crippen molar-refractivity contribution in [1.29, 1.82) is 0 Å². The van der Waals surface area contributed by atoms with Gasteiger partial charge < -0.3 is 10.1 Å². The number of nitrogens with zero attached hydrogens (tertiary/aromatic N) is 1.